The molecular weight excluding hydrogens is 535 g/mol. The van der Waals surface area contributed by atoms with Gasteiger partial charge in [0.25, 0.3) is 5.91 Å². The molecule has 0 spiro atoms. The van der Waals surface area contributed by atoms with Gasteiger partial charge >= 0.3 is 5.97 Å². The minimum atomic E-state index is -0.972. The molecular formula is C31H28ClFN2O3S. The number of carbonyl (C=O) groups excluding carboxylic acids is 1. The van der Waals surface area contributed by atoms with E-state index in [0.29, 0.717) is 16.1 Å². The topological polar surface area (TPSA) is 90.2 Å². The van der Waals surface area contributed by atoms with Gasteiger partial charge in [-0.05, 0) is 70.8 Å². The maximum atomic E-state index is 14.6. The van der Waals surface area contributed by atoms with E-state index in [2.05, 4.69) is 18.3 Å². The predicted octanol–water partition coefficient (Wildman–Crippen LogP) is 7.88. The lowest BCUT2D eigenvalue weighted by Gasteiger charge is -2.29. The van der Waals surface area contributed by atoms with Crippen molar-refractivity contribution in [2.24, 2.45) is 0 Å². The molecule has 2 unspecified atom stereocenters. The zero-order valence-corrected chi connectivity index (χ0v) is 23.0. The molecule has 0 aliphatic carbocycles. The number of halogens is 2. The average Bonchev–Trinajstić information content (AvgIpc) is 3.34. The average molecular weight is 563 g/mol. The maximum Gasteiger partial charge on any atom is 0.305 e. The minimum Gasteiger partial charge on any atom is -0.481 e. The van der Waals surface area contributed by atoms with Crippen LogP contribution in [-0.2, 0) is 4.79 Å². The fraction of sp³-hybridized carbons (Fsp3) is 0.258. The highest BCUT2D eigenvalue weighted by Crippen LogP contribution is 2.46. The van der Waals surface area contributed by atoms with E-state index in [1.54, 1.807) is 12.1 Å². The van der Waals surface area contributed by atoms with Gasteiger partial charge in [0, 0.05) is 28.4 Å². The number of nitrogens with zero attached hydrogens (tertiary/aromatic N) is 1. The molecule has 8 heteroatoms. The quantitative estimate of drug-likeness (QED) is 0.194. The number of fused-ring (bicyclic) bond motifs is 1. The van der Waals surface area contributed by atoms with E-state index in [4.69, 9.17) is 16.7 Å². The number of hydrogen-bond acceptors (Lipinski definition) is 4. The summed E-state index contributed by atoms with van der Waals surface area (Å²) in [5, 5.41) is 24.4. The number of benzene rings is 3. The van der Waals surface area contributed by atoms with Crippen molar-refractivity contribution >= 4 is 44.9 Å². The molecule has 200 valence electrons. The van der Waals surface area contributed by atoms with Crippen LogP contribution in [0.15, 0.2) is 66.0 Å². The van der Waals surface area contributed by atoms with Crippen LogP contribution in [0.3, 0.4) is 0 Å². The summed E-state index contributed by atoms with van der Waals surface area (Å²) < 4.78 is 15.4. The molecule has 0 fully saturated rings. The van der Waals surface area contributed by atoms with E-state index in [-0.39, 0.29) is 30.7 Å². The molecule has 2 atom stereocenters. The van der Waals surface area contributed by atoms with Crippen LogP contribution in [0.2, 0.25) is 5.02 Å². The second-order valence-electron chi connectivity index (χ2n) is 9.43. The van der Waals surface area contributed by atoms with E-state index in [1.165, 1.54) is 23.5 Å². The highest BCUT2D eigenvalue weighted by atomic mass is 35.5. The number of carboxylic acids is 1. The summed E-state index contributed by atoms with van der Waals surface area (Å²) in [6.07, 6.45) is 2.66. The van der Waals surface area contributed by atoms with Gasteiger partial charge in [-0.25, -0.2) is 4.39 Å². The number of aliphatic carboxylic acids is 1. The summed E-state index contributed by atoms with van der Waals surface area (Å²) in [6.45, 7) is 2.19. The minimum absolute atomic E-state index is 0.00171. The summed E-state index contributed by atoms with van der Waals surface area (Å²) >= 11 is 7.67. The van der Waals surface area contributed by atoms with E-state index >= 15 is 0 Å². The first-order chi connectivity index (χ1) is 18.8. The Morgan fingerprint density at radius 1 is 1.10 bits per heavy atom. The van der Waals surface area contributed by atoms with Gasteiger partial charge in [-0.1, -0.05) is 55.6 Å². The van der Waals surface area contributed by atoms with Gasteiger partial charge in [0.1, 0.15) is 11.9 Å². The van der Waals surface area contributed by atoms with Crippen LogP contribution in [-0.4, -0.2) is 23.5 Å². The summed E-state index contributed by atoms with van der Waals surface area (Å²) in [6, 6.07) is 20.0. The van der Waals surface area contributed by atoms with Crippen molar-refractivity contribution < 1.29 is 19.1 Å². The molecule has 4 aromatic rings. The van der Waals surface area contributed by atoms with Gasteiger partial charge in [0.05, 0.1) is 16.7 Å². The van der Waals surface area contributed by atoms with E-state index in [9.17, 15) is 19.2 Å². The van der Waals surface area contributed by atoms with Crippen molar-refractivity contribution in [1.29, 1.82) is 5.26 Å². The van der Waals surface area contributed by atoms with E-state index < -0.39 is 11.8 Å². The molecule has 3 aromatic carbocycles. The maximum absolute atomic E-state index is 14.6. The monoisotopic (exact) mass is 562 g/mol. The Bertz CT molecular complexity index is 1510. The van der Waals surface area contributed by atoms with Gasteiger partial charge in [-0.15, -0.1) is 11.3 Å². The fourth-order valence-corrected chi connectivity index (χ4v) is 6.14. The number of thiophene rings is 1. The number of amides is 1. The van der Waals surface area contributed by atoms with Crippen LogP contribution in [0, 0.1) is 17.1 Å². The van der Waals surface area contributed by atoms with Gasteiger partial charge in [0.15, 0.2) is 0 Å². The number of nitrogens with one attached hydrogen (secondary N) is 1. The zero-order chi connectivity index (χ0) is 27.9. The fourth-order valence-electron chi connectivity index (χ4n) is 4.96. The van der Waals surface area contributed by atoms with Gasteiger partial charge < -0.3 is 10.4 Å². The Hall–Kier alpha value is -3.73. The summed E-state index contributed by atoms with van der Waals surface area (Å²) in [4.78, 5) is 23.3. The van der Waals surface area contributed by atoms with Crippen molar-refractivity contribution in [2.45, 2.75) is 44.4 Å². The van der Waals surface area contributed by atoms with Crippen LogP contribution >= 0.6 is 22.9 Å². The largest absolute Gasteiger partial charge is 0.481 e. The highest BCUT2D eigenvalue weighted by Gasteiger charge is 2.29. The van der Waals surface area contributed by atoms with Gasteiger partial charge in [-0.3, -0.25) is 9.59 Å². The molecule has 0 aliphatic heterocycles. The van der Waals surface area contributed by atoms with Gasteiger partial charge in [-0.2, -0.15) is 5.26 Å². The number of hydrogen-bond donors (Lipinski definition) is 2. The highest BCUT2D eigenvalue weighted by molar-refractivity contribution is 7.17. The SMILES string of the molecule is CCCCC(c1ccc(C(=O)NCCC(=O)O)cc1)C(c1ccc(Cl)cc1)c1csc2c(C#N)cc(F)cc12. The van der Waals surface area contributed by atoms with Crippen LogP contribution in [0.1, 0.15) is 77.1 Å². The van der Waals surface area contributed by atoms with E-state index in [0.717, 1.165) is 46.0 Å². The third-order valence-corrected chi connectivity index (χ3v) is 8.15. The third-order valence-electron chi connectivity index (χ3n) is 6.85. The molecule has 2 N–H and O–H groups in total. The molecule has 0 saturated heterocycles. The van der Waals surface area contributed by atoms with Crippen LogP contribution in [0.25, 0.3) is 10.1 Å². The predicted molar refractivity (Wildman–Crippen MR) is 153 cm³/mol. The lowest BCUT2D eigenvalue weighted by molar-refractivity contribution is -0.136. The number of carboxylic acid groups (broad SMARTS) is 1. The molecule has 0 aliphatic rings. The number of unbranched alkanes of at least 4 members (excludes halogenated alkanes) is 1. The molecule has 5 nitrogen and oxygen atoms in total. The Labute approximate surface area is 235 Å². The second kappa shape index (κ2) is 12.9. The lowest BCUT2D eigenvalue weighted by atomic mass is 9.74. The lowest BCUT2D eigenvalue weighted by Crippen LogP contribution is -2.26. The molecule has 1 heterocycles. The van der Waals surface area contributed by atoms with Crippen LogP contribution in [0.5, 0.6) is 0 Å². The Morgan fingerprint density at radius 2 is 1.79 bits per heavy atom. The Kier molecular flexibility index (Phi) is 9.34. The molecule has 39 heavy (non-hydrogen) atoms. The molecule has 1 amide bonds. The van der Waals surface area contributed by atoms with Crippen molar-refractivity contribution in [2.75, 3.05) is 6.54 Å². The number of nitriles is 1. The molecule has 0 bridgehead atoms. The normalized spacial score (nSPS) is 12.6. The first-order valence-electron chi connectivity index (χ1n) is 12.8. The van der Waals surface area contributed by atoms with Crippen molar-refractivity contribution in [1.82, 2.24) is 5.32 Å². The van der Waals surface area contributed by atoms with E-state index in [1.807, 2.05) is 41.8 Å². The zero-order valence-electron chi connectivity index (χ0n) is 21.4. The second-order valence-corrected chi connectivity index (χ2v) is 10.7. The van der Waals surface area contributed by atoms with Crippen molar-refractivity contribution in [3.63, 3.8) is 0 Å². The first kappa shape index (κ1) is 28.3. The summed E-state index contributed by atoms with van der Waals surface area (Å²) in [5.41, 5.74) is 3.77. The third kappa shape index (κ3) is 6.65. The summed E-state index contributed by atoms with van der Waals surface area (Å²) in [5.74, 6) is -1.89. The standard InChI is InChI=1S/C31H28ClFN2O3S/c1-2-3-4-25(19-5-7-21(8-6-19)31(38)35-14-13-28(36)37)29(20-9-11-23(32)12-10-20)27-18-39-30-22(17-34)15-24(33)16-26(27)30/h5-12,15-16,18,25,29H,2-4,13-14H2,1H3,(H,35,38)(H,36,37). The Balaban J connectivity index is 1.79. The van der Waals surface area contributed by atoms with Crippen molar-refractivity contribution in [3.8, 4) is 6.07 Å². The first-order valence-corrected chi connectivity index (χ1v) is 14.0. The molecule has 0 saturated carbocycles. The van der Waals surface area contributed by atoms with Gasteiger partial charge in [0.2, 0.25) is 0 Å². The van der Waals surface area contributed by atoms with Crippen molar-refractivity contribution in [3.05, 3.63) is 105 Å². The number of carbonyl (C=O) groups is 2. The smallest absolute Gasteiger partial charge is 0.305 e. The summed E-state index contributed by atoms with van der Waals surface area (Å²) in [7, 11) is 0. The molecule has 0 radical (unpaired) electrons. The van der Waals surface area contributed by atoms with Crippen LogP contribution < -0.4 is 5.32 Å². The molecule has 4 rings (SSSR count). The Morgan fingerprint density at radius 3 is 2.44 bits per heavy atom. The molecule has 1 aromatic heterocycles. The van der Waals surface area contributed by atoms with Crippen LogP contribution in [0.4, 0.5) is 4.39 Å². The number of rotatable bonds is 11.